The summed E-state index contributed by atoms with van der Waals surface area (Å²) in [6.07, 6.45) is 8.62. The number of halogens is 3. The van der Waals surface area contributed by atoms with Crippen molar-refractivity contribution in [3.63, 3.8) is 0 Å². The largest absolute Gasteiger partial charge is 0.461 e. The maximum absolute atomic E-state index is 17.0. The molecule has 1 amide bonds. The molecule has 5 fully saturated rings. The van der Waals surface area contributed by atoms with Crippen LogP contribution in [0.3, 0.4) is 0 Å². The second-order valence-electron chi connectivity index (χ2n) is 15.5. The van der Waals surface area contributed by atoms with Crippen molar-refractivity contribution >= 4 is 45.0 Å². The summed E-state index contributed by atoms with van der Waals surface area (Å²) in [5.41, 5.74) is 0.187. The Morgan fingerprint density at radius 3 is 2.75 bits per heavy atom. The van der Waals surface area contributed by atoms with Crippen molar-refractivity contribution in [2.75, 3.05) is 64.0 Å². The van der Waals surface area contributed by atoms with E-state index in [4.69, 9.17) is 26.1 Å². The van der Waals surface area contributed by atoms with E-state index in [9.17, 15) is 14.4 Å². The molecule has 5 saturated heterocycles. The van der Waals surface area contributed by atoms with Gasteiger partial charge in [0.2, 0.25) is 5.91 Å². The predicted octanol–water partition coefficient (Wildman–Crippen LogP) is 5.94. The number of piperazine rings is 1. The van der Waals surface area contributed by atoms with E-state index in [1.807, 2.05) is 35.2 Å². The smallest absolute Gasteiger partial charge is 0.319 e. The number of ether oxygens (including phenoxy) is 2. The third-order valence-corrected chi connectivity index (χ3v) is 12.7. The molecule has 5 aliphatic rings. The van der Waals surface area contributed by atoms with Gasteiger partial charge in [-0.05, 0) is 43.7 Å². The number of nitriles is 1. The Balaban J connectivity index is 1.04. The average Bonchev–Trinajstić information content (AvgIpc) is 3.78. The molecule has 5 aliphatic heterocycles. The van der Waals surface area contributed by atoms with Crippen LogP contribution >= 0.6 is 11.6 Å². The van der Waals surface area contributed by atoms with E-state index in [1.165, 1.54) is 0 Å². The van der Waals surface area contributed by atoms with E-state index in [0.29, 0.717) is 71.9 Å². The van der Waals surface area contributed by atoms with Crippen molar-refractivity contribution in [2.24, 2.45) is 0 Å². The third-order valence-electron chi connectivity index (χ3n) is 12.3. The standard InChI is InChI=1S/C41H43ClF2N8O3/c42-33-8-2-6-26-5-1-7-31(35(26)33)37-36(44)38-32(20-46-37)39(48-40(47-38)55-25-41-13-4-15-50(41)21-27(43)19-41)49-17-18-52(28(22-49)12-14-45)34(53)9-3-16-51-29-10-11-30(51)24-54-23-29/h1-3,5-9,20,27-30H,4,10-13,15-19,21-25H2/b9-3+/t27-,28+,29-,30+,41+/m1/s1. The molecule has 2 aromatic carbocycles. The molecular weight excluding hydrogens is 726 g/mol. The zero-order valence-electron chi connectivity index (χ0n) is 30.5. The highest BCUT2D eigenvalue weighted by Crippen LogP contribution is 2.41. The Morgan fingerprint density at radius 1 is 1.11 bits per heavy atom. The van der Waals surface area contributed by atoms with Crippen molar-refractivity contribution in [3.05, 3.63) is 65.6 Å². The van der Waals surface area contributed by atoms with Crippen LogP contribution in [0, 0.1) is 17.1 Å². The first-order valence-electron chi connectivity index (χ1n) is 19.3. The molecule has 0 spiro atoms. The van der Waals surface area contributed by atoms with Crippen molar-refractivity contribution < 1.29 is 23.0 Å². The van der Waals surface area contributed by atoms with E-state index in [0.717, 1.165) is 50.8 Å². The normalized spacial score (nSPS) is 27.0. The van der Waals surface area contributed by atoms with Crippen molar-refractivity contribution in [3.8, 4) is 23.3 Å². The summed E-state index contributed by atoms with van der Waals surface area (Å²) < 4.78 is 43.6. The fourth-order valence-corrected chi connectivity index (χ4v) is 9.94. The van der Waals surface area contributed by atoms with Crippen LogP contribution in [0.25, 0.3) is 32.9 Å². The van der Waals surface area contributed by atoms with Crippen molar-refractivity contribution in [1.82, 2.24) is 29.7 Å². The number of rotatable bonds is 9. The zero-order chi connectivity index (χ0) is 37.7. The molecule has 0 radical (unpaired) electrons. The lowest BCUT2D eigenvalue weighted by Crippen LogP contribution is -2.55. The summed E-state index contributed by atoms with van der Waals surface area (Å²) in [6, 6.07) is 13.6. The van der Waals surface area contributed by atoms with E-state index in [1.54, 1.807) is 29.3 Å². The molecule has 14 heteroatoms. The van der Waals surface area contributed by atoms with Gasteiger partial charge in [0.1, 0.15) is 29.8 Å². The molecule has 0 N–H and O–H groups in total. The third kappa shape index (κ3) is 6.67. The van der Waals surface area contributed by atoms with Crippen LogP contribution in [0.2, 0.25) is 5.02 Å². The van der Waals surface area contributed by atoms with Crippen LogP contribution in [0.15, 0.2) is 54.7 Å². The first-order chi connectivity index (χ1) is 26.8. The van der Waals surface area contributed by atoms with Crippen LogP contribution in [-0.4, -0.2) is 124 Å². The number of fused-ring (bicyclic) bond motifs is 5. The highest BCUT2D eigenvalue weighted by atomic mass is 35.5. The maximum atomic E-state index is 17.0. The van der Waals surface area contributed by atoms with Crippen LogP contribution in [0.5, 0.6) is 6.01 Å². The molecule has 2 aromatic heterocycles. The number of alkyl halides is 1. The summed E-state index contributed by atoms with van der Waals surface area (Å²) in [5.74, 6) is -0.394. The Bertz CT molecular complexity index is 2180. The lowest BCUT2D eigenvalue weighted by atomic mass is 9.95. The highest BCUT2D eigenvalue weighted by Gasteiger charge is 2.49. The minimum Gasteiger partial charge on any atom is -0.461 e. The Hall–Kier alpha value is -4.48. The molecule has 286 valence electrons. The molecule has 0 unspecified atom stereocenters. The maximum Gasteiger partial charge on any atom is 0.319 e. The van der Waals surface area contributed by atoms with Crippen LogP contribution in [0.1, 0.15) is 38.5 Å². The minimum atomic E-state index is -0.934. The number of carbonyl (C=O) groups excluding carboxylic acids is 1. The number of morpholine rings is 1. The van der Waals surface area contributed by atoms with E-state index < -0.39 is 23.6 Å². The SMILES string of the molecule is N#CC[C@H]1CN(c2nc(OC[C@@]34CCCN3C[C@H](F)C4)nc3c(F)c(-c4cccc5cccc(Cl)c45)ncc23)CCN1C(=O)/C=C/CN1[C@@H]2CC[C@H]1COC2. The van der Waals surface area contributed by atoms with E-state index >= 15 is 4.39 Å². The predicted molar refractivity (Wildman–Crippen MR) is 205 cm³/mol. The van der Waals surface area contributed by atoms with Gasteiger partial charge < -0.3 is 19.3 Å². The molecular formula is C41H43ClF2N8O3. The van der Waals surface area contributed by atoms with Crippen LogP contribution in [-0.2, 0) is 9.53 Å². The Kier molecular flexibility index (Phi) is 9.79. The molecule has 4 aromatic rings. The number of hydrogen-bond acceptors (Lipinski definition) is 10. The fourth-order valence-electron chi connectivity index (χ4n) is 9.66. The lowest BCUT2D eigenvalue weighted by Gasteiger charge is -2.41. The number of amides is 1. The quantitative estimate of drug-likeness (QED) is 0.190. The molecule has 0 saturated carbocycles. The van der Waals surface area contributed by atoms with Gasteiger partial charge in [-0.15, -0.1) is 0 Å². The van der Waals surface area contributed by atoms with Gasteiger partial charge in [0.25, 0.3) is 0 Å². The topological polar surface area (TPSA) is 111 Å². The van der Waals surface area contributed by atoms with Crippen LogP contribution < -0.4 is 9.64 Å². The van der Waals surface area contributed by atoms with Crippen molar-refractivity contribution in [1.29, 1.82) is 5.26 Å². The zero-order valence-corrected chi connectivity index (χ0v) is 31.3. The number of carbonyl (C=O) groups is 1. The van der Waals surface area contributed by atoms with Gasteiger partial charge in [0.15, 0.2) is 5.82 Å². The monoisotopic (exact) mass is 768 g/mol. The van der Waals surface area contributed by atoms with Crippen LogP contribution in [0.4, 0.5) is 14.6 Å². The summed E-state index contributed by atoms with van der Waals surface area (Å²) in [4.78, 5) is 36.0. The minimum absolute atomic E-state index is 0.0200. The fraction of sp³-hybridized carbons (Fsp3) is 0.488. The van der Waals surface area contributed by atoms with Gasteiger partial charge >= 0.3 is 6.01 Å². The number of aromatic nitrogens is 3. The number of anilines is 1. The second kappa shape index (κ2) is 14.9. The Morgan fingerprint density at radius 2 is 1.93 bits per heavy atom. The first-order valence-corrected chi connectivity index (χ1v) is 19.7. The lowest BCUT2D eigenvalue weighted by molar-refractivity contribution is -0.128. The van der Waals surface area contributed by atoms with Gasteiger partial charge in [0.05, 0.1) is 42.7 Å². The number of nitrogens with zero attached hydrogens (tertiary/aromatic N) is 8. The van der Waals surface area contributed by atoms with E-state index in [2.05, 4.69) is 25.8 Å². The molecule has 9 rings (SSSR count). The van der Waals surface area contributed by atoms with E-state index in [-0.39, 0.29) is 42.7 Å². The van der Waals surface area contributed by atoms with Crippen molar-refractivity contribution in [2.45, 2.75) is 68.4 Å². The summed E-state index contributed by atoms with van der Waals surface area (Å²) in [7, 11) is 0. The summed E-state index contributed by atoms with van der Waals surface area (Å²) in [5, 5.41) is 12.2. The van der Waals surface area contributed by atoms with Gasteiger partial charge in [-0.2, -0.15) is 15.2 Å². The summed E-state index contributed by atoms with van der Waals surface area (Å²) in [6.45, 7) is 4.48. The molecule has 11 nitrogen and oxygen atoms in total. The average molecular weight is 769 g/mol. The highest BCUT2D eigenvalue weighted by molar-refractivity contribution is 6.36. The molecule has 55 heavy (non-hydrogen) atoms. The number of pyridine rings is 1. The molecule has 2 bridgehead atoms. The Labute approximate surface area is 323 Å². The molecule has 7 heterocycles. The van der Waals surface area contributed by atoms with Gasteiger partial charge in [-0.3, -0.25) is 19.6 Å². The summed E-state index contributed by atoms with van der Waals surface area (Å²) >= 11 is 6.65. The molecule has 0 aliphatic carbocycles. The van der Waals surface area contributed by atoms with Gasteiger partial charge in [-0.1, -0.05) is 48.0 Å². The van der Waals surface area contributed by atoms with Gasteiger partial charge in [-0.25, -0.2) is 8.78 Å². The molecule has 5 atom stereocenters. The number of benzene rings is 2. The van der Waals surface area contributed by atoms with Gasteiger partial charge in [0, 0.05) is 79.5 Å². The number of hydrogen-bond donors (Lipinski definition) is 0. The second-order valence-corrected chi connectivity index (χ2v) is 15.9. The first kappa shape index (κ1) is 36.2.